The van der Waals surface area contributed by atoms with E-state index in [9.17, 15) is 4.79 Å². The largest absolute Gasteiger partial charge is 0.490 e. The molecular weight excluding hydrogens is 270 g/mol. The fourth-order valence-electron chi connectivity index (χ4n) is 2.14. The van der Waals surface area contributed by atoms with Gasteiger partial charge in [0, 0.05) is 26.2 Å². The van der Waals surface area contributed by atoms with E-state index >= 15 is 0 Å². The minimum Gasteiger partial charge on any atom is -0.490 e. The third-order valence-electron chi connectivity index (χ3n) is 3.39. The Balaban J connectivity index is 1.77. The number of para-hydroxylation sites is 2. The number of benzene rings is 1. The molecule has 0 unspecified atom stereocenters. The van der Waals surface area contributed by atoms with Crippen molar-refractivity contribution in [3.05, 3.63) is 24.3 Å². The summed E-state index contributed by atoms with van der Waals surface area (Å²) in [5.41, 5.74) is 0. The van der Waals surface area contributed by atoms with Gasteiger partial charge in [0.25, 0.3) is 0 Å². The molecule has 1 aromatic carbocycles. The highest BCUT2D eigenvalue weighted by molar-refractivity contribution is 5.74. The van der Waals surface area contributed by atoms with Crippen LogP contribution in [0.4, 0.5) is 4.79 Å². The van der Waals surface area contributed by atoms with Crippen molar-refractivity contribution in [1.82, 2.24) is 15.1 Å². The van der Waals surface area contributed by atoms with Gasteiger partial charge in [-0.3, -0.25) is 0 Å². The number of ether oxygens (including phenoxy) is 2. The van der Waals surface area contributed by atoms with E-state index in [2.05, 4.69) is 17.3 Å². The summed E-state index contributed by atoms with van der Waals surface area (Å²) in [7, 11) is 2.06. The predicted molar refractivity (Wildman–Crippen MR) is 80.7 cm³/mol. The molecule has 1 N–H and O–H groups in total. The fourth-order valence-corrected chi connectivity index (χ4v) is 2.14. The number of nitrogens with one attached hydrogen (secondary N) is 1. The summed E-state index contributed by atoms with van der Waals surface area (Å²) in [5, 5.41) is 2.78. The Hall–Kier alpha value is -1.95. The quantitative estimate of drug-likeness (QED) is 0.833. The number of urea groups is 1. The van der Waals surface area contributed by atoms with Crippen molar-refractivity contribution < 1.29 is 14.3 Å². The van der Waals surface area contributed by atoms with E-state index in [0.29, 0.717) is 18.1 Å². The molecule has 0 aromatic heterocycles. The molecule has 0 saturated carbocycles. The van der Waals surface area contributed by atoms with Gasteiger partial charge < -0.3 is 24.6 Å². The predicted octanol–water partition coefficient (Wildman–Crippen LogP) is 1.38. The van der Waals surface area contributed by atoms with Crippen LogP contribution in [0.5, 0.6) is 11.5 Å². The zero-order chi connectivity index (χ0) is 15.1. The minimum atomic E-state index is -0.0861. The maximum absolute atomic E-state index is 12.0. The van der Waals surface area contributed by atoms with Gasteiger partial charge in [-0.25, -0.2) is 4.79 Å². The number of rotatable bonds is 5. The molecule has 6 nitrogen and oxygen atoms in total. The van der Waals surface area contributed by atoms with Crippen molar-refractivity contribution >= 4 is 6.03 Å². The van der Waals surface area contributed by atoms with E-state index in [4.69, 9.17) is 9.47 Å². The number of carbonyl (C=O) groups excluding carboxylic acids is 1. The molecule has 2 amide bonds. The van der Waals surface area contributed by atoms with Crippen LogP contribution in [0.2, 0.25) is 0 Å². The van der Waals surface area contributed by atoms with Crippen LogP contribution in [-0.4, -0.2) is 62.4 Å². The molecule has 0 aliphatic carbocycles. The minimum absolute atomic E-state index is 0.0861. The zero-order valence-electron chi connectivity index (χ0n) is 12.7. The van der Waals surface area contributed by atoms with E-state index in [-0.39, 0.29) is 12.8 Å². The fraction of sp³-hybridized carbons (Fsp3) is 0.533. The first-order chi connectivity index (χ1) is 10.2. The second kappa shape index (κ2) is 7.73. The summed E-state index contributed by atoms with van der Waals surface area (Å²) in [6.45, 7) is 5.94. The van der Waals surface area contributed by atoms with Gasteiger partial charge in [-0.15, -0.1) is 0 Å². The van der Waals surface area contributed by atoms with Gasteiger partial charge in [-0.1, -0.05) is 12.1 Å². The van der Waals surface area contributed by atoms with Crippen LogP contribution in [0.3, 0.4) is 0 Å². The molecule has 2 rings (SSSR count). The Morgan fingerprint density at radius 3 is 2.38 bits per heavy atom. The topological polar surface area (TPSA) is 54.0 Å². The normalized spacial score (nSPS) is 15.6. The molecular formula is C15H23N3O3. The second-order valence-electron chi connectivity index (χ2n) is 4.94. The van der Waals surface area contributed by atoms with Gasteiger partial charge in [0.15, 0.2) is 18.2 Å². The molecule has 6 heteroatoms. The monoisotopic (exact) mass is 293 g/mol. The van der Waals surface area contributed by atoms with Crippen LogP contribution in [0.25, 0.3) is 0 Å². The highest BCUT2D eigenvalue weighted by atomic mass is 16.5. The molecule has 1 aromatic rings. The number of hydrogen-bond donors (Lipinski definition) is 1. The lowest BCUT2D eigenvalue weighted by atomic mass is 10.3. The van der Waals surface area contributed by atoms with Gasteiger partial charge in [-0.2, -0.15) is 0 Å². The first-order valence-corrected chi connectivity index (χ1v) is 7.26. The third kappa shape index (κ3) is 4.53. The Morgan fingerprint density at radius 1 is 1.14 bits per heavy atom. The molecule has 1 saturated heterocycles. The summed E-state index contributed by atoms with van der Waals surface area (Å²) in [6, 6.07) is 7.35. The molecule has 0 spiro atoms. The molecule has 1 heterocycles. The molecule has 21 heavy (non-hydrogen) atoms. The van der Waals surface area contributed by atoms with E-state index in [1.807, 2.05) is 31.2 Å². The average molecular weight is 293 g/mol. The summed E-state index contributed by atoms with van der Waals surface area (Å²) >= 11 is 0. The van der Waals surface area contributed by atoms with Gasteiger partial charge in [0.05, 0.1) is 6.61 Å². The Labute approximate surface area is 125 Å². The lowest BCUT2D eigenvalue weighted by Gasteiger charge is -2.32. The zero-order valence-corrected chi connectivity index (χ0v) is 12.7. The number of nitrogens with zero attached hydrogens (tertiary/aromatic N) is 2. The third-order valence-corrected chi connectivity index (χ3v) is 3.39. The van der Waals surface area contributed by atoms with E-state index in [1.165, 1.54) is 0 Å². The lowest BCUT2D eigenvalue weighted by Crippen LogP contribution is -2.51. The SMILES string of the molecule is CCOc1ccccc1OCNC(=O)N1CCN(C)CC1. The van der Waals surface area contributed by atoms with E-state index < -0.39 is 0 Å². The second-order valence-corrected chi connectivity index (χ2v) is 4.94. The van der Waals surface area contributed by atoms with Gasteiger partial charge in [0.1, 0.15) is 0 Å². The van der Waals surface area contributed by atoms with Crippen LogP contribution in [-0.2, 0) is 0 Å². The Kier molecular flexibility index (Phi) is 5.68. The summed E-state index contributed by atoms with van der Waals surface area (Å²) < 4.78 is 11.0. The van der Waals surface area contributed by atoms with Crippen molar-refractivity contribution in [2.75, 3.05) is 46.6 Å². The molecule has 0 bridgehead atoms. The van der Waals surface area contributed by atoms with Crippen LogP contribution in [0.15, 0.2) is 24.3 Å². The number of hydrogen-bond acceptors (Lipinski definition) is 4. The van der Waals surface area contributed by atoms with Gasteiger partial charge >= 0.3 is 6.03 Å². The van der Waals surface area contributed by atoms with Crippen LogP contribution < -0.4 is 14.8 Å². The van der Waals surface area contributed by atoms with Crippen molar-refractivity contribution in [3.63, 3.8) is 0 Å². The number of piperazine rings is 1. The maximum atomic E-state index is 12.0. The lowest BCUT2D eigenvalue weighted by molar-refractivity contribution is 0.146. The van der Waals surface area contributed by atoms with Crippen molar-refractivity contribution in [3.8, 4) is 11.5 Å². The van der Waals surface area contributed by atoms with Crippen molar-refractivity contribution in [2.45, 2.75) is 6.92 Å². The standard InChI is InChI=1S/C15H23N3O3/c1-3-20-13-6-4-5-7-14(13)21-12-16-15(19)18-10-8-17(2)9-11-18/h4-7H,3,8-12H2,1-2H3,(H,16,19). The van der Waals surface area contributed by atoms with Gasteiger partial charge in [-0.05, 0) is 26.1 Å². The smallest absolute Gasteiger partial charge is 0.320 e. The number of amides is 2. The van der Waals surface area contributed by atoms with Crippen molar-refractivity contribution in [2.24, 2.45) is 0 Å². The molecule has 1 aliphatic rings. The Bertz CT molecular complexity index is 459. The molecule has 1 aliphatic heterocycles. The van der Waals surface area contributed by atoms with Gasteiger partial charge in [0.2, 0.25) is 0 Å². The van der Waals surface area contributed by atoms with Crippen LogP contribution in [0, 0.1) is 0 Å². The highest BCUT2D eigenvalue weighted by Gasteiger charge is 2.18. The summed E-state index contributed by atoms with van der Waals surface area (Å²) in [4.78, 5) is 16.0. The number of likely N-dealkylation sites (N-methyl/N-ethyl adjacent to an activating group) is 1. The highest BCUT2D eigenvalue weighted by Crippen LogP contribution is 2.25. The first-order valence-electron chi connectivity index (χ1n) is 7.26. The molecule has 0 radical (unpaired) electrons. The van der Waals surface area contributed by atoms with E-state index in [1.54, 1.807) is 4.90 Å². The maximum Gasteiger partial charge on any atom is 0.320 e. The molecule has 116 valence electrons. The first kappa shape index (κ1) is 15.4. The molecule has 1 fully saturated rings. The summed E-state index contributed by atoms with van der Waals surface area (Å²) in [5.74, 6) is 1.33. The van der Waals surface area contributed by atoms with Crippen molar-refractivity contribution in [1.29, 1.82) is 0 Å². The number of carbonyl (C=O) groups is 1. The van der Waals surface area contributed by atoms with Crippen LogP contribution in [0.1, 0.15) is 6.92 Å². The summed E-state index contributed by atoms with van der Waals surface area (Å²) in [6.07, 6.45) is 0. The average Bonchev–Trinajstić information content (AvgIpc) is 2.50. The Morgan fingerprint density at radius 2 is 1.76 bits per heavy atom. The molecule has 0 atom stereocenters. The van der Waals surface area contributed by atoms with E-state index in [0.717, 1.165) is 26.2 Å². The van der Waals surface area contributed by atoms with Crippen LogP contribution >= 0.6 is 0 Å².